The van der Waals surface area contributed by atoms with Gasteiger partial charge in [0.25, 0.3) is 0 Å². The van der Waals surface area contributed by atoms with Crippen LogP contribution in [-0.4, -0.2) is 21.9 Å². The lowest BCUT2D eigenvalue weighted by Crippen LogP contribution is -2.23. The number of carbonyl (C=O) groups is 2. The second-order valence-corrected chi connectivity index (χ2v) is 8.16. The molecule has 3 aromatic rings. The highest BCUT2D eigenvalue weighted by Crippen LogP contribution is 2.31. The smallest absolute Gasteiger partial charge is 0.237 e. The Morgan fingerprint density at radius 3 is 2.50 bits per heavy atom. The number of aromatic nitrogens is 1. The van der Waals surface area contributed by atoms with E-state index in [1.54, 1.807) is 24.3 Å². The first-order chi connectivity index (χ1) is 12.5. The molecule has 0 aliphatic heterocycles. The van der Waals surface area contributed by atoms with Crippen LogP contribution in [0.3, 0.4) is 0 Å². The molecule has 1 N–H and O–H groups in total. The summed E-state index contributed by atoms with van der Waals surface area (Å²) >= 11 is 2.93. The molecule has 2 aromatic carbocycles. The van der Waals surface area contributed by atoms with Gasteiger partial charge in [-0.15, -0.1) is 11.3 Å². The summed E-state index contributed by atoms with van der Waals surface area (Å²) in [6.45, 7) is 3.32. The number of nitrogens with zero attached hydrogens (tertiary/aromatic N) is 1. The fourth-order valence-corrected chi connectivity index (χ4v) is 4.36. The highest BCUT2D eigenvalue weighted by Gasteiger charge is 2.18. The molecule has 132 valence electrons. The molecule has 0 bridgehead atoms. The Labute approximate surface area is 160 Å². The number of thioether (sulfide) groups is 1. The highest BCUT2D eigenvalue weighted by atomic mass is 32.2. The first-order valence-electron chi connectivity index (χ1n) is 8.13. The Morgan fingerprint density at radius 1 is 1.08 bits per heavy atom. The van der Waals surface area contributed by atoms with Crippen molar-refractivity contribution in [3.63, 3.8) is 0 Å². The lowest BCUT2D eigenvalue weighted by Gasteiger charge is -2.12. The van der Waals surface area contributed by atoms with Gasteiger partial charge in [-0.25, -0.2) is 4.98 Å². The van der Waals surface area contributed by atoms with E-state index in [1.807, 2.05) is 42.6 Å². The van der Waals surface area contributed by atoms with Crippen LogP contribution in [0.1, 0.15) is 24.2 Å². The quantitative estimate of drug-likeness (QED) is 0.474. The maximum Gasteiger partial charge on any atom is 0.237 e. The van der Waals surface area contributed by atoms with Crippen molar-refractivity contribution in [2.45, 2.75) is 23.4 Å². The summed E-state index contributed by atoms with van der Waals surface area (Å²) in [5, 5.41) is 4.51. The van der Waals surface area contributed by atoms with E-state index in [-0.39, 0.29) is 16.9 Å². The van der Waals surface area contributed by atoms with Crippen LogP contribution in [0.4, 0.5) is 5.69 Å². The normalized spacial score (nSPS) is 11.8. The van der Waals surface area contributed by atoms with E-state index in [4.69, 9.17) is 0 Å². The van der Waals surface area contributed by atoms with Gasteiger partial charge in [0.1, 0.15) is 0 Å². The zero-order valence-electron chi connectivity index (χ0n) is 14.4. The Hall–Kier alpha value is -2.44. The van der Waals surface area contributed by atoms with Crippen molar-refractivity contribution in [3.05, 3.63) is 65.5 Å². The van der Waals surface area contributed by atoms with Gasteiger partial charge in [-0.1, -0.05) is 54.2 Å². The van der Waals surface area contributed by atoms with Gasteiger partial charge >= 0.3 is 0 Å². The fraction of sp³-hybridized carbons (Fsp3) is 0.150. The molecule has 6 heteroatoms. The van der Waals surface area contributed by atoms with Crippen molar-refractivity contribution in [2.24, 2.45) is 0 Å². The van der Waals surface area contributed by atoms with Gasteiger partial charge in [-0.05, 0) is 26.0 Å². The van der Waals surface area contributed by atoms with E-state index >= 15 is 0 Å². The molecule has 3 rings (SSSR count). The van der Waals surface area contributed by atoms with Crippen LogP contribution in [0.15, 0.2) is 64.3 Å². The largest absolute Gasteiger partial charge is 0.324 e. The molecule has 26 heavy (non-hydrogen) atoms. The molecule has 0 aliphatic carbocycles. The molecule has 1 heterocycles. The summed E-state index contributed by atoms with van der Waals surface area (Å²) in [5.74, 6) is -0.228. The van der Waals surface area contributed by atoms with Crippen molar-refractivity contribution in [1.82, 2.24) is 4.98 Å². The molecule has 0 radical (unpaired) electrons. The highest BCUT2D eigenvalue weighted by molar-refractivity contribution is 8.02. The van der Waals surface area contributed by atoms with Gasteiger partial charge in [-0.3, -0.25) is 9.59 Å². The van der Waals surface area contributed by atoms with Crippen LogP contribution in [-0.2, 0) is 4.79 Å². The first-order valence-corrected chi connectivity index (χ1v) is 9.89. The third-order valence-electron chi connectivity index (χ3n) is 3.76. The standard InChI is InChI=1S/C20H18N2O2S2/c1-13(23)16-10-6-7-11-17(16)21-19(24)14(2)26-20-22-18(12-25-20)15-8-4-3-5-9-15/h3-12,14H,1-2H3,(H,21,24). The van der Waals surface area contributed by atoms with Gasteiger partial charge in [0.15, 0.2) is 10.1 Å². The zero-order chi connectivity index (χ0) is 18.5. The lowest BCUT2D eigenvalue weighted by molar-refractivity contribution is -0.115. The lowest BCUT2D eigenvalue weighted by atomic mass is 10.1. The Bertz CT molecular complexity index is 922. The summed E-state index contributed by atoms with van der Waals surface area (Å²) in [6, 6.07) is 17.0. The van der Waals surface area contributed by atoms with Crippen molar-refractivity contribution in [1.29, 1.82) is 0 Å². The summed E-state index contributed by atoms with van der Waals surface area (Å²) in [7, 11) is 0. The molecule has 0 aliphatic rings. The average Bonchev–Trinajstić information content (AvgIpc) is 3.11. The second kappa shape index (κ2) is 8.29. The van der Waals surface area contributed by atoms with E-state index in [1.165, 1.54) is 30.0 Å². The molecule has 4 nitrogen and oxygen atoms in total. The van der Waals surface area contributed by atoms with E-state index in [9.17, 15) is 9.59 Å². The zero-order valence-corrected chi connectivity index (χ0v) is 16.1. The van der Waals surface area contributed by atoms with E-state index in [2.05, 4.69) is 10.3 Å². The number of anilines is 1. The van der Waals surface area contributed by atoms with Crippen molar-refractivity contribution in [3.8, 4) is 11.3 Å². The number of amides is 1. The Kier molecular flexibility index (Phi) is 5.85. The number of ketones is 1. The third kappa shape index (κ3) is 4.39. The number of rotatable bonds is 6. The van der Waals surface area contributed by atoms with Crippen molar-refractivity contribution in [2.75, 3.05) is 5.32 Å². The summed E-state index contributed by atoms with van der Waals surface area (Å²) in [6.07, 6.45) is 0. The number of nitrogens with one attached hydrogen (secondary N) is 1. The maximum atomic E-state index is 12.5. The van der Waals surface area contributed by atoms with Gasteiger partial charge in [0.2, 0.25) is 5.91 Å². The van der Waals surface area contributed by atoms with Crippen LogP contribution >= 0.6 is 23.1 Å². The SMILES string of the molecule is CC(=O)c1ccccc1NC(=O)C(C)Sc1nc(-c2ccccc2)cs1. The predicted octanol–water partition coefficient (Wildman–Crippen LogP) is 5.13. The molecular weight excluding hydrogens is 364 g/mol. The second-order valence-electron chi connectivity index (χ2n) is 5.72. The molecule has 0 spiro atoms. The van der Waals surface area contributed by atoms with Gasteiger partial charge in [-0.2, -0.15) is 0 Å². The topological polar surface area (TPSA) is 59.1 Å². The number of Topliss-reactive ketones (excluding diaryl/α,β-unsaturated/α-hetero) is 1. The van der Waals surface area contributed by atoms with E-state index < -0.39 is 0 Å². The third-order valence-corrected chi connectivity index (χ3v) is 5.84. The Morgan fingerprint density at radius 2 is 1.77 bits per heavy atom. The summed E-state index contributed by atoms with van der Waals surface area (Å²) in [5.41, 5.74) is 3.02. The monoisotopic (exact) mass is 382 g/mol. The molecule has 1 atom stereocenters. The number of para-hydroxylation sites is 1. The van der Waals surface area contributed by atoms with Gasteiger partial charge < -0.3 is 5.32 Å². The number of hydrogen-bond acceptors (Lipinski definition) is 5. The minimum absolute atomic E-state index is 0.0753. The minimum Gasteiger partial charge on any atom is -0.324 e. The van der Waals surface area contributed by atoms with Crippen LogP contribution in [0, 0.1) is 0 Å². The van der Waals surface area contributed by atoms with E-state index in [0.29, 0.717) is 11.3 Å². The van der Waals surface area contributed by atoms with E-state index in [0.717, 1.165) is 15.6 Å². The van der Waals surface area contributed by atoms with Crippen LogP contribution in [0.25, 0.3) is 11.3 Å². The molecule has 0 saturated carbocycles. The molecule has 0 saturated heterocycles. The Balaban J connectivity index is 1.67. The maximum absolute atomic E-state index is 12.5. The number of carbonyl (C=O) groups excluding carboxylic acids is 2. The number of hydrogen-bond donors (Lipinski definition) is 1. The first kappa shape index (κ1) is 18.4. The van der Waals surface area contributed by atoms with Crippen molar-refractivity contribution < 1.29 is 9.59 Å². The van der Waals surface area contributed by atoms with Crippen LogP contribution in [0.2, 0.25) is 0 Å². The summed E-state index contributed by atoms with van der Waals surface area (Å²) in [4.78, 5) is 28.8. The predicted molar refractivity (Wildman–Crippen MR) is 108 cm³/mol. The van der Waals surface area contributed by atoms with Gasteiger partial charge in [0, 0.05) is 16.5 Å². The van der Waals surface area contributed by atoms with Crippen LogP contribution in [0.5, 0.6) is 0 Å². The molecule has 1 amide bonds. The molecule has 1 unspecified atom stereocenters. The minimum atomic E-state index is -0.329. The molecule has 0 fully saturated rings. The fourth-order valence-electron chi connectivity index (χ4n) is 2.39. The number of benzene rings is 2. The van der Waals surface area contributed by atoms with Crippen LogP contribution < -0.4 is 5.32 Å². The van der Waals surface area contributed by atoms with Crippen molar-refractivity contribution >= 4 is 40.5 Å². The summed E-state index contributed by atoms with van der Waals surface area (Å²) < 4.78 is 0.839. The number of thiazole rings is 1. The molecular formula is C20H18N2O2S2. The molecule has 1 aromatic heterocycles. The average molecular weight is 383 g/mol. The van der Waals surface area contributed by atoms with Gasteiger partial charge in [0.05, 0.1) is 16.6 Å².